The highest BCUT2D eigenvalue weighted by molar-refractivity contribution is 6.20. The van der Waals surface area contributed by atoms with Crippen LogP contribution in [-0.2, 0) is 9.53 Å². The van der Waals surface area contributed by atoms with Crippen LogP contribution in [0.5, 0.6) is 0 Å². The molecular formula is C29H54ClN7O2. The van der Waals surface area contributed by atoms with E-state index < -0.39 is 12.1 Å². The van der Waals surface area contributed by atoms with Crippen molar-refractivity contribution in [2.45, 2.75) is 106 Å². The number of carbonyl (C=O) groups is 1. The van der Waals surface area contributed by atoms with E-state index >= 15 is 0 Å². The minimum absolute atomic E-state index is 0.00191. The topological polar surface area (TPSA) is 121 Å². The fourth-order valence-corrected chi connectivity index (χ4v) is 8.55. The van der Waals surface area contributed by atoms with Crippen LogP contribution in [0.25, 0.3) is 0 Å². The van der Waals surface area contributed by atoms with Crippen LogP contribution >= 0.6 is 11.6 Å². The van der Waals surface area contributed by atoms with Crippen molar-refractivity contribution in [1.82, 2.24) is 25.8 Å². The molecule has 39 heavy (non-hydrogen) atoms. The van der Waals surface area contributed by atoms with E-state index in [2.05, 4.69) is 25.8 Å². The number of amides is 1. The SMILES string of the molecule is NC(N)C(C(=O)NC1CNCCC1N1CCC(N2CCOCC2)CC1)C1CC2(CCCCC2)CCC(Cl)CN1. The Balaban J connectivity index is 1.23. The number of alkyl halides is 1. The molecule has 0 bridgehead atoms. The molecule has 224 valence electrons. The van der Waals surface area contributed by atoms with Gasteiger partial charge in [0.2, 0.25) is 5.91 Å². The smallest absolute Gasteiger partial charge is 0.227 e. The van der Waals surface area contributed by atoms with Gasteiger partial charge in [-0.2, -0.15) is 0 Å². The van der Waals surface area contributed by atoms with Crippen LogP contribution in [0, 0.1) is 11.3 Å². The summed E-state index contributed by atoms with van der Waals surface area (Å²) >= 11 is 6.70. The van der Waals surface area contributed by atoms with Crippen molar-refractivity contribution >= 4 is 17.5 Å². The van der Waals surface area contributed by atoms with Crippen LogP contribution in [0.4, 0.5) is 0 Å². The average molecular weight is 568 g/mol. The summed E-state index contributed by atoms with van der Waals surface area (Å²) in [4.78, 5) is 19.2. The van der Waals surface area contributed by atoms with Crippen molar-refractivity contribution in [3.05, 3.63) is 0 Å². The Morgan fingerprint density at radius 2 is 1.69 bits per heavy atom. The van der Waals surface area contributed by atoms with Gasteiger partial charge in [0.1, 0.15) is 0 Å². The Hall–Kier alpha value is -0.520. The lowest BCUT2D eigenvalue weighted by Crippen LogP contribution is -2.65. The Morgan fingerprint density at radius 3 is 2.41 bits per heavy atom. The van der Waals surface area contributed by atoms with E-state index in [1.807, 2.05) is 0 Å². The number of ether oxygens (including phenoxy) is 1. The summed E-state index contributed by atoms with van der Waals surface area (Å²) in [5.74, 6) is -0.470. The molecule has 4 saturated heterocycles. The fourth-order valence-electron chi connectivity index (χ4n) is 8.35. The van der Waals surface area contributed by atoms with Gasteiger partial charge in [0.15, 0.2) is 0 Å². The van der Waals surface area contributed by atoms with E-state index in [4.69, 9.17) is 27.8 Å². The molecular weight excluding hydrogens is 514 g/mol. The Kier molecular flexibility index (Phi) is 10.8. The highest BCUT2D eigenvalue weighted by atomic mass is 35.5. The lowest BCUT2D eigenvalue weighted by Gasteiger charge is -2.47. The van der Waals surface area contributed by atoms with Crippen molar-refractivity contribution < 1.29 is 9.53 Å². The number of nitrogens with two attached hydrogens (primary N) is 2. The number of nitrogens with one attached hydrogen (secondary N) is 3. The Morgan fingerprint density at radius 1 is 0.949 bits per heavy atom. The highest BCUT2D eigenvalue weighted by Crippen LogP contribution is 2.46. The van der Waals surface area contributed by atoms with E-state index in [1.54, 1.807) is 0 Å². The molecule has 0 aromatic carbocycles. The number of carbonyl (C=O) groups excluding carboxylic acids is 1. The van der Waals surface area contributed by atoms with Gasteiger partial charge < -0.3 is 32.2 Å². The van der Waals surface area contributed by atoms with Crippen molar-refractivity contribution in [3.63, 3.8) is 0 Å². The van der Waals surface area contributed by atoms with Crippen LogP contribution in [0.15, 0.2) is 0 Å². The first-order chi connectivity index (χ1) is 18.9. The standard InChI is InChI=1S/C29H54ClN7O2/c30-21-4-10-29(8-2-1-3-9-29)18-23(34-19-21)26(27(31)32)28(38)35-24-20-33-11-5-25(24)37-12-6-22(7-13-37)36-14-16-39-17-15-36/h21-27,33-34H,1-20,31-32H2,(H,35,38). The molecule has 1 aliphatic carbocycles. The molecule has 5 fully saturated rings. The van der Waals surface area contributed by atoms with Gasteiger partial charge in [-0.3, -0.25) is 14.6 Å². The molecule has 0 aromatic heterocycles. The van der Waals surface area contributed by atoms with Crippen molar-refractivity contribution in [3.8, 4) is 0 Å². The van der Waals surface area contributed by atoms with Crippen LogP contribution in [0.3, 0.4) is 0 Å². The van der Waals surface area contributed by atoms with E-state index in [9.17, 15) is 4.79 Å². The van der Waals surface area contributed by atoms with Crippen LogP contribution in [0.1, 0.15) is 70.6 Å². The summed E-state index contributed by atoms with van der Waals surface area (Å²) in [5.41, 5.74) is 13.0. The lowest BCUT2D eigenvalue weighted by atomic mass is 9.65. The number of piperidine rings is 2. The molecule has 5 aliphatic rings. The second-order valence-electron chi connectivity index (χ2n) is 13.1. The van der Waals surface area contributed by atoms with Gasteiger partial charge in [-0.05, 0) is 63.3 Å². The van der Waals surface area contributed by atoms with Crippen molar-refractivity contribution in [2.24, 2.45) is 22.8 Å². The summed E-state index contributed by atoms with van der Waals surface area (Å²) in [5, 5.41) is 10.7. The first kappa shape index (κ1) is 30.0. The zero-order valence-corrected chi connectivity index (χ0v) is 24.7. The number of morpholine rings is 1. The van der Waals surface area contributed by atoms with Crippen LogP contribution < -0.4 is 27.4 Å². The molecule has 1 spiro atoms. The third kappa shape index (κ3) is 7.66. The molecule has 5 rings (SSSR count). The zero-order valence-electron chi connectivity index (χ0n) is 23.9. The maximum atomic E-state index is 14.0. The predicted octanol–water partition coefficient (Wildman–Crippen LogP) is 1.19. The minimum atomic E-state index is -0.712. The number of nitrogens with zero attached hydrogens (tertiary/aromatic N) is 2. The van der Waals surface area contributed by atoms with E-state index in [1.165, 1.54) is 44.9 Å². The largest absolute Gasteiger partial charge is 0.379 e. The monoisotopic (exact) mass is 567 g/mol. The minimum Gasteiger partial charge on any atom is -0.379 e. The number of halogens is 1. The van der Waals surface area contributed by atoms with Gasteiger partial charge in [-0.1, -0.05) is 19.3 Å². The average Bonchev–Trinajstić information content (AvgIpc) is 2.95. The predicted molar refractivity (Wildman–Crippen MR) is 157 cm³/mol. The molecule has 1 amide bonds. The van der Waals surface area contributed by atoms with Crippen LogP contribution in [-0.4, -0.2) is 110 Å². The summed E-state index contributed by atoms with van der Waals surface area (Å²) in [7, 11) is 0. The molecule has 9 nitrogen and oxygen atoms in total. The second-order valence-corrected chi connectivity index (χ2v) is 13.7. The lowest BCUT2D eigenvalue weighted by molar-refractivity contribution is -0.128. The summed E-state index contributed by atoms with van der Waals surface area (Å²) in [6.07, 6.45) is 12.1. The van der Waals surface area contributed by atoms with E-state index in [0.717, 1.165) is 78.2 Å². The molecule has 0 radical (unpaired) electrons. The number of rotatable bonds is 6. The van der Waals surface area contributed by atoms with E-state index in [-0.39, 0.29) is 28.8 Å². The highest BCUT2D eigenvalue weighted by Gasteiger charge is 2.43. The fraction of sp³-hybridized carbons (Fsp3) is 0.966. The first-order valence-corrected chi connectivity index (χ1v) is 16.3. The van der Waals surface area contributed by atoms with Gasteiger partial charge in [-0.15, -0.1) is 11.6 Å². The molecule has 5 unspecified atom stereocenters. The van der Waals surface area contributed by atoms with Gasteiger partial charge in [0, 0.05) is 62.8 Å². The molecule has 5 atom stereocenters. The second kappa shape index (κ2) is 14.1. The maximum absolute atomic E-state index is 14.0. The van der Waals surface area contributed by atoms with E-state index in [0.29, 0.717) is 18.6 Å². The number of likely N-dealkylation sites (tertiary alicyclic amines) is 1. The van der Waals surface area contributed by atoms with Crippen molar-refractivity contribution in [2.75, 3.05) is 59.0 Å². The van der Waals surface area contributed by atoms with Crippen molar-refractivity contribution in [1.29, 1.82) is 0 Å². The molecule has 7 N–H and O–H groups in total. The normalized spacial score (nSPS) is 34.9. The summed E-state index contributed by atoms with van der Waals surface area (Å²) in [6.45, 7) is 8.47. The first-order valence-electron chi connectivity index (χ1n) is 15.9. The number of hydrogen-bond acceptors (Lipinski definition) is 8. The molecule has 1 saturated carbocycles. The zero-order chi connectivity index (χ0) is 27.2. The number of hydrogen-bond donors (Lipinski definition) is 5. The maximum Gasteiger partial charge on any atom is 0.227 e. The van der Waals surface area contributed by atoms with Gasteiger partial charge >= 0.3 is 0 Å². The molecule has 10 heteroatoms. The molecule has 4 heterocycles. The molecule has 4 aliphatic heterocycles. The Bertz CT molecular complexity index is 769. The third-order valence-corrected chi connectivity index (χ3v) is 11.0. The third-order valence-electron chi connectivity index (χ3n) is 10.6. The molecule has 0 aromatic rings. The summed E-state index contributed by atoms with van der Waals surface area (Å²) < 4.78 is 5.56. The van der Waals surface area contributed by atoms with Gasteiger partial charge in [-0.25, -0.2) is 0 Å². The Labute approximate surface area is 240 Å². The summed E-state index contributed by atoms with van der Waals surface area (Å²) in [6, 6.07) is 1.01. The quantitative estimate of drug-likeness (QED) is 0.240. The van der Waals surface area contributed by atoms with Gasteiger partial charge in [0.05, 0.1) is 31.3 Å². The van der Waals surface area contributed by atoms with Gasteiger partial charge in [0.25, 0.3) is 0 Å². The van der Waals surface area contributed by atoms with Crippen LogP contribution in [0.2, 0.25) is 0 Å².